The summed E-state index contributed by atoms with van der Waals surface area (Å²) in [7, 11) is 1.74. The summed E-state index contributed by atoms with van der Waals surface area (Å²) in [5.74, 6) is 2.19. The molecule has 1 unspecified atom stereocenters. The van der Waals surface area contributed by atoms with Gasteiger partial charge in [0, 0.05) is 13.5 Å². The molecule has 0 spiro atoms. The highest BCUT2D eigenvalue weighted by Crippen LogP contribution is 2.49. The molecule has 2 saturated heterocycles. The third kappa shape index (κ3) is 3.30. The van der Waals surface area contributed by atoms with Crippen LogP contribution < -0.4 is 0 Å². The Labute approximate surface area is 139 Å². The number of ether oxygens (including phenoxy) is 1. The summed E-state index contributed by atoms with van der Waals surface area (Å²) in [5, 5.41) is 1.57. The molecule has 2 heterocycles. The largest absolute Gasteiger partial charge is 0.356 e. The van der Waals surface area contributed by atoms with E-state index in [1.54, 1.807) is 35.7 Å². The summed E-state index contributed by atoms with van der Waals surface area (Å²) >= 11 is 3.60. The molecule has 2 aliphatic rings. The first-order valence-corrected chi connectivity index (χ1v) is 9.54. The maximum absolute atomic E-state index is 12.2. The molecule has 6 heteroatoms. The highest BCUT2D eigenvalue weighted by atomic mass is 32.2. The van der Waals surface area contributed by atoms with Gasteiger partial charge in [-0.3, -0.25) is 9.63 Å². The van der Waals surface area contributed by atoms with Gasteiger partial charge in [-0.2, -0.15) is 0 Å². The highest BCUT2D eigenvalue weighted by Gasteiger charge is 2.50. The minimum atomic E-state index is -0.388. The van der Waals surface area contributed by atoms with Crippen LogP contribution in [0.3, 0.4) is 0 Å². The summed E-state index contributed by atoms with van der Waals surface area (Å²) < 4.78 is 5.46. The molecule has 1 atom stereocenters. The number of hydrogen-bond acceptors (Lipinski definition) is 5. The van der Waals surface area contributed by atoms with Crippen LogP contribution in [0.15, 0.2) is 30.3 Å². The molecular formula is C16H21NO3S2. The highest BCUT2D eigenvalue weighted by molar-refractivity contribution is 8.18. The monoisotopic (exact) mass is 339 g/mol. The lowest BCUT2D eigenvalue weighted by molar-refractivity contribution is -0.203. The van der Waals surface area contributed by atoms with Crippen LogP contribution in [0.4, 0.5) is 0 Å². The molecule has 1 aromatic rings. The minimum absolute atomic E-state index is 0.0241. The molecule has 1 amide bonds. The minimum Gasteiger partial charge on any atom is -0.356 e. The van der Waals surface area contributed by atoms with Gasteiger partial charge in [0.15, 0.2) is 4.27 Å². The molecule has 1 aromatic carbocycles. The quantitative estimate of drug-likeness (QED) is 0.823. The van der Waals surface area contributed by atoms with Crippen LogP contribution in [-0.4, -0.2) is 39.9 Å². The standard InChI is InChI=1S/C16H21NO3S2/c1-19-16(21-10-5-11-22-16)14-8-9-15(18)17(14)20-12-13-6-3-2-4-7-13/h2-4,6-7,14H,5,8-12H2,1H3. The van der Waals surface area contributed by atoms with Crippen molar-refractivity contribution < 1.29 is 14.4 Å². The van der Waals surface area contributed by atoms with E-state index in [1.165, 1.54) is 6.42 Å². The lowest BCUT2D eigenvalue weighted by Crippen LogP contribution is -2.49. The number of benzene rings is 1. The van der Waals surface area contributed by atoms with Crippen molar-refractivity contribution >= 4 is 29.4 Å². The Morgan fingerprint density at radius 2 is 2.00 bits per heavy atom. The van der Waals surface area contributed by atoms with Gasteiger partial charge in [0.05, 0.1) is 0 Å². The molecule has 0 aromatic heterocycles. The lowest BCUT2D eigenvalue weighted by atomic mass is 10.2. The van der Waals surface area contributed by atoms with Gasteiger partial charge in [-0.25, -0.2) is 5.06 Å². The van der Waals surface area contributed by atoms with Gasteiger partial charge < -0.3 is 4.74 Å². The molecule has 3 rings (SSSR count). The molecular weight excluding hydrogens is 318 g/mol. The van der Waals surface area contributed by atoms with E-state index in [0.717, 1.165) is 23.5 Å². The van der Waals surface area contributed by atoms with Gasteiger partial charge in [-0.1, -0.05) is 30.3 Å². The van der Waals surface area contributed by atoms with Gasteiger partial charge in [-0.15, -0.1) is 23.5 Å². The maximum atomic E-state index is 12.2. The average Bonchev–Trinajstić information content (AvgIpc) is 2.96. The molecule has 120 valence electrons. The van der Waals surface area contributed by atoms with Crippen molar-refractivity contribution in [2.75, 3.05) is 18.6 Å². The Morgan fingerprint density at radius 3 is 2.68 bits per heavy atom. The first-order valence-electron chi connectivity index (χ1n) is 7.57. The van der Waals surface area contributed by atoms with Gasteiger partial charge in [0.25, 0.3) is 0 Å². The Hall–Kier alpha value is -0.690. The van der Waals surface area contributed by atoms with Crippen molar-refractivity contribution in [1.82, 2.24) is 5.06 Å². The van der Waals surface area contributed by atoms with Crippen LogP contribution in [0.5, 0.6) is 0 Å². The van der Waals surface area contributed by atoms with Gasteiger partial charge in [0.2, 0.25) is 5.91 Å². The van der Waals surface area contributed by atoms with E-state index in [9.17, 15) is 4.79 Å². The summed E-state index contributed by atoms with van der Waals surface area (Å²) in [6, 6.07) is 9.92. The maximum Gasteiger partial charge on any atom is 0.246 e. The number of thioether (sulfide) groups is 2. The molecule has 2 aliphatic heterocycles. The SMILES string of the molecule is COC1(C2CCC(=O)N2OCc2ccccc2)SCCCS1. The van der Waals surface area contributed by atoms with Crippen molar-refractivity contribution in [3.8, 4) is 0 Å². The van der Waals surface area contributed by atoms with Crippen molar-refractivity contribution in [1.29, 1.82) is 0 Å². The molecule has 0 aliphatic carbocycles. The first-order chi connectivity index (χ1) is 10.7. The normalized spacial score (nSPS) is 24.7. The van der Waals surface area contributed by atoms with Crippen LogP contribution in [0.25, 0.3) is 0 Å². The Bertz CT molecular complexity index is 505. The second kappa shape index (κ2) is 7.25. The van der Waals surface area contributed by atoms with E-state index in [-0.39, 0.29) is 16.2 Å². The molecule has 2 fully saturated rings. The molecule has 0 radical (unpaired) electrons. The Balaban J connectivity index is 1.71. The average molecular weight is 339 g/mol. The molecule has 0 bridgehead atoms. The van der Waals surface area contributed by atoms with Crippen LogP contribution in [0, 0.1) is 0 Å². The van der Waals surface area contributed by atoms with Gasteiger partial charge in [0.1, 0.15) is 12.6 Å². The zero-order valence-electron chi connectivity index (χ0n) is 12.7. The fourth-order valence-electron chi connectivity index (χ4n) is 2.84. The van der Waals surface area contributed by atoms with Crippen LogP contribution in [0.2, 0.25) is 0 Å². The fourth-order valence-corrected chi connectivity index (χ4v) is 6.05. The smallest absolute Gasteiger partial charge is 0.246 e. The van der Waals surface area contributed by atoms with E-state index >= 15 is 0 Å². The predicted molar refractivity (Wildman–Crippen MR) is 90.4 cm³/mol. The molecule has 0 N–H and O–H groups in total. The summed E-state index contributed by atoms with van der Waals surface area (Å²) in [6.07, 6.45) is 2.51. The number of carbonyl (C=O) groups is 1. The third-order valence-electron chi connectivity index (χ3n) is 3.96. The Kier molecular flexibility index (Phi) is 5.33. The van der Waals surface area contributed by atoms with E-state index in [4.69, 9.17) is 9.57 Å². The number of methoxy groups -OCH3 is 1. The van der Waals surface area contributed by atoms with Crippen LogP contribution in [0.1, 0.15) is 24.8 Å². The van der Waals surface area contributed by atoms with E-state index < -0.39 is 0 Å². The third-order valence-corrected chi connectivity index (χ3v) is 7.34. The van der Waals surface area contributed by atoms with Crippen LogP contribution in [-0.2, 0) is 21.0 Å². The number of hydrogen-bond donors (Lipinski definition) is 0. The number of nitrogens with zero attached hydrogens (tertiary/aromatic N) is 1. The topological polar surface area (TPSA) is 38.8 Å². The second-order valence-corrected chi connectivity index (χ2v) is 8.26. The summed E-state index contributed by atoms with van der Waals surface area (Å²) in [6.45, 7) is 0.415. The second-order valence-electron chi connectivity index (χ2n) is 5.39. The van der Waals surface area contributed by atoms with Crippen molar-refractivity contribution in [3.63, 3.8) is 0 Å². The fraction of sp³-hybridized carbons (Fsp3) is 0.562. The van der Waals surface area contributed by atoms with Gasteiger partial charge >= 0.3 is 0 Å². The first kappa shape index (κ1) is 16.2. The van der Waals surface area contributed by atoms with Crippen molar-refractivity contribution in [3.05, 3.63) is 35.9 Å². The van der Waals surface area contributed by atoms with E-state index in [2.05, 4.69) is 0 Å². The summed E-state index contributed by atoms with van der Waals surface area (Å²) in [5.41, 5.74) is 1.07. The zero-order chi connectivity index (χ0) is 15.4. The number of hydroxylamine groups is 2. The Morgan fingerprint density at radius 1 is 1.27 bits per heavy atom. The molecule has 22 heavy (non-hydrogen) atoms. The van der Waals surface area contributed by atoms with E-state index in [0.29, 0.717) is 13.0 Å². The van der Waals surface area contributed by atoms with E-state index in [1.807, 2.05) is 30.3 Å². The zero-order valence-corrected chi connectivity index (χ0v) is 14.3. The number of rotatable bonds is 5. The lowest BCUT2D eigenvalue weighted by Gasteiger charge is -2.42. The number of amides is 1. The molecule has 4 nitrogen and oxygen atoms in total. The van der Waals surface area contributed by atoms with Gasteiger partial charge in [-0.05, 0) is 29.9 Å². The molecule has 0 saturated carbocycles. The van der Waals surface area contributed by atoms with Crippen LogP contribution >= 0.6 is 23.5 Å². The van der Waals surface area contributed by atoms with Crippen molar-refractivity contribution in [2.24, 2.45) is 0 Å². The predicted octanol–water partition coefficient (Wildman–Crippen LogP) is 3.28. The number of carbonyl (C=O) groups excluding carboxylic acids is 1. The van der Waals surface area contributed by atoms with Crippen molar-refractivity contribution in [2.45, 2.75) is 36.2 Å². The summed E-state index contributed by atoms with van der Waals surface area (Å²) in [4.78, 5) is 18.1.